The van der Waals surface area contributed by atoms with Gasteiger partial charge < -0.3 is 20.5 Å². The van der Waals surface area contributed by atoms with Crippen LogP contribution in [0.25, 0.3) is 11.3 Å². The van der Waals surface area contributed by atoms with Crippen LogP contribution in [-0.2, 0) is 23.1 Å². The van der Waals surface area contributed by atoms with Crippen LogP contribution in [0.3, 0.4) is 0 Å². The van der Waals surface area contributed by atoms with E-state index in [4.69, 9.17) is 5.73 Å². The smallest absolute Gasteiger partial charge is 0.340 e. The quantitative estimate of drug-likeness (QED) is 0.510. The fourth-order valence-corrected chi connectivity index (χ4v) is 4.22. The third kappa shape index (κ3) is 4.45. The van der Waals surface area contributed by atoms with Crippen molar-refractivity contribution in [1.82, 2.24) is 14.5 Å². The third-order valence-corrected chi connectivity index (χ3v) is 5.89. The molecule has 0 atom stereocenters. The van der Waals surface area contributed by atoms with Gasteiger partial charge >= 0.3 is 6.18 Å². The first-order valence-electron chi connectivity index (χ1n) is 10.5. The van der Waals surface area contributed by atoms with Crippen LogP contribution in [0.15, 0.2) is 36.4 Å². The van der Waals surface area contributed by atoms with Crippen molar-refractivity contribution in [1.29, 1.82) is 0 Å². The normalized spacial score (nSPS) is 15.2. The number of amides is 1. The molecular formula is C23H21F6N5O. The Bertz CT molecular complexity index is 1300. The van der Waals surface area contributed by atoms with Crippen LogP contribution in [-0.4, -0.2) is 33.4 Å². The van der Waals surface area contributed by atoms with Crippen molar-refractivity contribution in [3.05, 3.63) is 65.2 Å². The molecule has 3 N–H and O–H groups in total. The maximum Gasteiger partial charge on any atom is 0.416 e. The Hall–Kier alpha value is -3.54. The number of aromatic nitrogens is 2. The molecule has 2 aromatic carbocycles. The molecule has 0 unspecified atom stereocenters. The van der Waals surface area contributed by atoms with Crippen molar-refractivity contribution >= 4 is 17.4 Å². The molecular weight excluding hydrogens is 476 g/mol. The molecule has 0 spiro atoms. The summed E-state index contributed by atoms with van der Waals surface area (Å²) < 4.78 is 83.0. The van der Waals surface area contributed by atoms with Crippen molar-refractivity contribution in [3.63, 3.8) is 0 Å². The first-order chi connectivity index (χ1) is 16.3. The van der Waals surface area contributed by atoms with Crippen molar-refractivity contribution in [2.24, 2.45) is 5.73 Å². The first kappa shape index (κ1) is 24.6. The summed E-state index contributed by atoms with van der Waals surface area (Å²) in [7, 11) is 0. The van der Waals surface area contributed by atoms with Gasteiger partial charge in [-0.2, -0.15) is 13.2 Å². The average Bonchev–Trinajstić information content (AvgIpc) is 3.14. The van der Waals surface area contributed by atoms with E-state index in [0.717, 1.165) is 24.3 Å². The molecule has 3 aromatic rings. The minimum absolute atomic E-state index is 0.0897. The maximum absolute atomic E-state index is 14.0. The summed E-state index contributed by atoms with van der Waals surface area (Å²) in [5.74, 6) is -3.22. The zero-order chi connectivity index (χ0) is 25.7. The lowest BCUT2D eigenvalue weighted by Gasteiger charge is -2.42. The zero-order valence-electron chi connectivity index (χ0n) is 18.7. The highest BCUT2D eigenvalue weighted by molar-refractivity contribution is 5.80. The molecule has 1 aromatic heterocycles. The molecule has 0 fully saturated rings. The number of rotatable bonds is 4. The number of carbonyl (C=O) groups is 1. The Balaban J connectivity index is 1.90. The lowest BCUT2D eigenvalue weighted by atomic mass is 9.99. The van der Waals surface area contributed by atoms with Crippen LogP contribution in [0.2, 0.25) is 0 Å². The van der Waals surface area contributed by atoms with Crippen LogP contribution in [0, 0.1) is 17.5 Å². The Kier molecular flexibility index (Phi) is 6.04. The summed E-state index contributed by atoms with van der Waals surface area (Å²) in [5.41, 5.74) is 3.33. The minimum atomic E-state index is -4.79. The van der Waals surface area contributed by atoms with Gasteiger partial charge in [-0.15, -0.1) is 0 Å². The van der Waals surface area contributed by atoms with E-state index in [1.807, 2.05) is 0 Å². The number of hydrogen-bond donors (Lipinski definition) is 2. The molecule has 0 saturated heterocycles. The molecule has 1 aliphatic rings. The van der Waals surface area contributed by atoms with Crippen LogP contribution in [0.4, 0.5) is 37.8 Å². The number of halogens is 6. The number of nitrogens with zero attached hydrogens (tertiary/aromatic N) is 3. The van der Waals surface area contributed by atoms with Gasteiger partial charge in [0.1, 0.15) is 23.2 Å². The average molecular weight is 497 g/mol. The Morgan fingerprint density at radius 3 is 2.43 bits per heavy atom. The van der Waals surface area contributed by atoms with Gasteiger partial charge in [-0.3, -0.25) is 4.79 Å². The Labute approximate surface area is 196 Å². The molecule has 2 heterocycles. The van der Waals surface area contributed by atoms with Crippen LogP contribution >= 0.6 is 0 Å². The second kappa shape index (κ2) is 8.59. The highest BCUT2D eigenvalue weighted by Crippen LogP contribution is 2.40. The predicted molar refractivity (Wildman–Crippen MR) is 116 cm³/mol. The largest absolute Gasteiger partial charge is 0.416 e. The van der Waals surface area contributed by atoms with E-state index in [1.54, 1.807) is 18.4 Å². The summed E-state index contributed by atoms with van der Waals surface area (Å²) in [4.78, 5) is 18.5. The summed E-state index contributed by atoms with van der Waals surface area (Å²) in [6.07, 6.45) is -4.79. The predicted octanol–water partition coefficient (Wildman–Crippen LogP) is 4.77. The Morgan fingerprint density at radius 1 is 1.09 bits per heavy atom. The van der Waals surface area contributed by atoms with Gasteiger partial charge in [-0.25, -0.2) is 18.2 Å². The van der Waals surface area contributed by atoms with Crippen LogP contribution in [0.5, 0.6) is 0 Å². The van der Waals surface area contributed by atoms with Gasteiger partial charge in [0.25, 0.3) is 0 Å². The van der Waals surface area contributed by atoms with E-state index < -0.39 is 34.7 Å². The topological polar surface area (TPSA) is 76.2 Å². The van der Waals surface area contributed by atoms with Crippen molar-refractivity contribution < 1.29 is 31.1 Å². The van der Waals surface area contributed by atoms with E-state index in [1.165, 1.54) is 11.0 Å². The summed E-state index contributed by atoms with van der Waals surface area (Å²) in [6, 6.07) is 5.04. The summed E-state index contributed by atoms with van der Waals surface area (Å²) in [6.45, 7) is 3.55. The molecule has 1 amide bonds. The van der Waals surface area contributed by atoms with E-state index in [9.17, 15) is 31.1 Å². The first-order valence-corrected chi connectivity index (χ1v) is 10.5. The van der Waals surface area contributed by atoms with Crippen molar-refractivity contribution in [2.75, 3.05) is 18.4 Å². The van der Waals surface area contributed by atoms with Crippen LogP contribution in [0.1, 0.15) is 25.2 Å². The summed E-state index contributed by atoms with van der Waals surface area (Å²) in [5, 5.41) is 2.78. The molecule has 35 heavy (non-hydrogen) atoms. The number of nitrogens with one attached hydrogen (secondary N) is 1. The molecule has 0 aliphatic carbocycles. The highest BCUT2D eigenvalue weighted by Gasteiger charge is 2.41. The third-order valence-electron chi connectivity index (χ3n) is 5.89. The summed E-state index contributed by atoms with van der Waals surface area (Å²) >= 11 is 0. The SMILES string of the molecule is CC1(C)c2nc(-c3ccc(F)c(F)c3)c(Nc3cc(F)cc(C(F)(F)F)c3)n2CCN1C(=O)CN. The number of nitrogens with two attached hydrogens (primary N) is 1. The zero-order valence-corrected chi connectivity index (χ0v) is 18.7. The second-order valence-corrected chi connectivity index (χ2v) is 8.57. The highest BCUT2D eigenvalue weighted by atomic mass is 19.4. The number of carbonyl (C=O) groups excluding carboxylic acids is 1. The Morgan fingerprint density at radius 2 is 1.80 bits per heavy atom. The molecule has 4 rings (SSSR count). The van der Waals surface area contributed by atoms with E-state index in [2.05, 4.69) is 10.3 Å². The number of benzene rings is 2. The van der Waals surface area contributed by atoms with Crippen molar-refractivity contribution in [3.8, 4) is 11.3 Å². The molecule has 1 aliphatic heterocycles. The fourth-order valence-electron chi connectivity index (χ4n) is 4.22. The van der Waals surface area contributed by atoms with E-state index in [-0.39, 0.29) is 48.3 Å². The van der Waals surface area contributed by atoms with Gasteiger partial charge in [-0.05, 0) is 50.2 Å². The second-order valence-electron chi connectivity index (χ2n) is 8.57. The lowest BCUT2D eigenvalue weighted by Crippen LogP contribution is -2.53. The molecule has 0 bridgehead atoms. The minimum Gasteiger partial charge on any atom is -0.340 e. The molecule has 186 valence electrons. The maximum atomic E-state index is 14.0. The number of fused-ring (bicyclic) bond motifs is 1. The van der Waals surface area contributed by atoms with Gasteiger partial charge in [0.05, 0.1) is 17.6 Å². The van der Waals surface area contributed by atoms with Gasteiger partial charge in [0.2, 0.25) is 5.91 Å². The van der Waals surface area contributed by atoms with Gasteiger partial charge in [-0.1, -0.05) is 0 Å². The van der Waals surface area contributed by atoms with E-state index >= 15 is 0 Å². The van der Waals surface area contributed by atoms with Crippen LogP contribution < -0.4 is 11.1 Å². The number of anilines is 2. The number of imidazole rings is 1. The fraction of sp³-hybridized carbons (Fsp3) is 0.304. The van der Waals surface area contributed by atoms with Gasteiger partial charge in [0.15, 0.2) is 11.6 Å². The number of hydrogen-bond acceptors (Lipinski definition) is 4. The molecule has 0 saturated carbocycles. The molecule has 0 radical (unpaired) electrons. The number of alkyl halides is 3. The van der Waals surface area contributed by atoms with E-state index in [0.29, 0.717) is 11.9 Å². The molecule has 6 nitrogen and oxygen atoms in total. The van der Waals surface area contributed by atoms with Gasteiger partial charge in [0, 0.05) is 24.3 Å². The standard InChI is InChI=1S/C23H21F6N5O/c1-22(2)21-32-19(12-3-4-16(25)17(26)7-12)20(33(21)5-6-34(22)18(35)11-30)31-15-9-13(23(27,28)29)8-14(24)10-15/h3-4,7-10,31H,5-6,11,30H2,1-2H3. The lowest BCUT2D eigenvalue weighted by molar-refractivity contribution is -0.138. The monoisotopic (exact) mass is 497 g/mol. The van der Waals surface area contributed by atoms with Crippen molar-refractivity contribution in [2.45, 2.75) is 32.1 Å². The molecule has 12 heteroatoms.